The van der Waals surface area contributed by atoms with Gasteiger partial charge >= 0.3 is 17.8 Å². The molecule has 1 N–H and O–H groups in total. The van der Waals surface area contributed by atoms with Crippen LogP contribution >= 0.6 is 0 Å². The lowest BCUT2D eigenvalue weighted by molar-refractivity contribution is -0.152. The lowest BCUT2D eigenvalue weighted by Gasteiger charge is -2.30. The summed E-state index contributed by atoms with van der Waals surface area (Å²) in [4.78, 5) is 37.5. The largest absolute Gasteiger partial charge is 0.466 e. The van der Waals surface area contributed by atoms with Gasteiger partial charge in [-0.1, -0.05) is 19.1 Å². The summed E-state index contributed by atoms with van der Waals surface area (Å²) in [6, 6.07) is 7.42. The molecule has 1 aliphatic heterocycles. The van der Waals surface area contributed by atoms with Crippen molar-refractivity contribution in [3.63, 3.8) is 0 Å². The smallest absolute Gasteiger partial charge is 0.313 e. The van der Waals surface area contributed by atoms with Gasteiger partial charge in [-0.25, -0.2) is 0 Å². The van der Waals surface area contributed by atoms with Crippen LogP contribution in [0.4, 0.5) is 5.69 Å². The molecule has 2 rings (SSSR count). The molecule has 130 valence electrons. The number of piperidine rings is 1. The highest BCUT2D eigenvalue weighted by atomic mass is 16.5. The predicted octanol–water partition coefficient (Wildman–Crippen LogP) is 1.99. The SMILES string of the molecule is CCOC(=O)C1CCN(C(=O)C(=O)Nc2ccc(CC)cc2)CC1. The van der Waals surface area contributed by atoms with E-state index in [1.807, 2.05) is 12.1 Å². The average Bonchev–Trinajstić information content (AvgIpc) is 2.62. The van der Waals surface area contributed by atoms with E-state index in [1.54, 1.807) is 19.1 Å². The zero-order valence-corrected chi connectivity index (χ0v) is 14.2. The van der Waals surface area contributed by atoms with Crippen LogP contribution in [0.5, 0.6) is 0 Å². The molecule has 1 saturated heterocycles. The molecule has 0 saturated carbocycles. The Balaban J connectivity index is 1.85. The Morgan fingerprint density at radius 2 is 1.75 bits per heavy atom. The van der Waals surface area contributed by atoms with E-state index in [9.17, 15) is 14.4 Å². The molecule has 0 bridgehead atoms. The Kier molecular flexibility index (Phi) is 6.35. The zero-order valence-electron chi connectivity index (χ0n) is 14.2. The highest BCUT2D eigenvalue weighted by molar-refractivity contribution is 6.39. The van der Waals surface area contributed by atoms with Crippen LogP contribution in [0.25, 0.3) is 0 Å². The second kappa shape index (κ2) is 8.47. The molecule has 1 aromatic rings. The van der Waals surface area contributed by atoms with Crippen LogP contribution < -0.4 is 5.32 Å². The van der Waals surface area contributed by atoms with Gasteiger partial charge in [-0.15, -0.1) is 0 Å². The molecule has 0 aliphatic carbocycles. The number of nitrogens with one attached hydrogen (secondary N) is 1. The molecule has 0 unspecified atom stereocenters. The van der Waals surface area contributed by atoms with Crippen molar-refractivity contribution in [1.82, 2.24) is 4.90 Å². The van der Waals surface area contributed by atoms with Gasteiger partial charge in [0.25, 0.3) is 0 Å². The van der Waals surface area contributed by atoms with Gasteiger partial charge in [0.2, 0.25) is 0 Å². The van der Waals surface area contributed by atoms with Crippen molar-refractivity contribution in [2.24, 2.45) is 5.92 Å². The lowest BCUT2D eigenvalue weighted by Crippen LogP contribution is -2.45. The third-order valence-corrected chi connectivity index (χ3v) is 4.22. The Morgan fingerprint density at radius 3 is 2.29 bits per heavy atom. The molecule has 0 atom stereocenters. The van der Waals surface area contributed by atoms with Crippen molar-refractivity contribution in [1.29, 1.82) is 0 Å². The maximum absolute atomic E-state index is 12.2. The molecule has 1 heterocycles. The average molecular weight is 332 g/mol. The summed E-state index contributed by atoms with van der Waals surface area (Å²) in [7, 11) is 0. The molecule has 2 amide bonds. The van der Waals surface area contributed by atoms with Gasteiger partial charge in [-0.3, -0.25) is 14.4 Å². The molecular weight excluding hydrogens is 308 g/mol. The van der Waals surface area contributed by atoms with E-state index in [4.69, 9.17) is 4.74 Å². The number of rotatable bonds is 4. The van der Waals surface area contributed by atoms with Crippen molar-refractivity contribution >= 4 is 23.5 Å². The molecule has 6 nitrogen and oxygen atoms in total. The van der Waals surface area contributed by atoms with Crippen LogP contribution in [0, 0.1) is 5.92 Å². The number of nitrogens with zero attached hydrogens (tertiary/aromatic N) is 1. The van der Waals surface area contributed by atoms with Crippen molar-refractivity contribution in [2.45, 2.75) is 33.1 Å². The fourth-order valence-electron chi connectivity index (χ4n) is 2.73. The van der Waals surface area contributed by atoms with Crippen LogP contribution in [-0.2, 0) is 25.5 Å². The van der Waals surface area contributed by atoms with Gasteiger partial charge in [0.15, 0.2) is 0 Å². The van der Waals surface area contributed by atoms with Crippen molar-refractivity contribution in [3.8, 4) is 0 Å². The second-order valence-electron chi connectivity index (χ2n) is 5.82. The van der Waals surface area contributed by atoms with Gasteiger partial charge < -0.3 is 15.0 Å². The summed E-state index contributed by atoms with van der Waals surface area (Å²) >= 11 is 0. The Hall–Kier alpha value is -2.37. The number of anilines is 1. The van der Waals surface area contributed by atoms with Crippen LogP contribution in [-0.4, -0.2) is 42.4 Å². The topological polar surface area (TPSA) is 75.7 Å². The first kappa shape index (κ1) is 18.0. The third kappa shape index (κ3) is 4.57. The molecule has 0 spiro atoms. The molecular formula is C18H24N2O4. The van der Waals surface area contributed by atoms with Gasteiger partial charge in [0.1, 0.15) is 0 Å². The summed E-state index contributed by atoms with van der Waals surface area (Å²) in [6.07, 6.45) is 1.98. The maximum atomic E-state index is 12.2. The second-order valence-corrected chi connectivity index (χ2v) is 5.82. The quantitative estimate of drug-likeness (QED) is 0.676. The predicted molar refractivity (Wildman–Crippen MR) is 90.4 cm³/mol. The molecule has 1 aliphatic rings. The number of hydrogen-bond donors (Lipinski definition) is 1. The third-order valence-electron chi connectivity index (χ3n) is 4.22. The highest BCUT2D eigenvalue weighted by Crippen LogP contribution is 2.19. The summed E-state index contributed by atoms with van der Waals surface area (Å²) in [5.74, 6) is -1.60. The summed E-state index contributed by atoms with van der Waals surface area (Å²) < 4.78 is 5.00. The normalized spacial score (nSPS) is 15.0. The monoisotopic (exact) mass is 332 g/mol. The Labute approximate surface area is 142 Å². The molecule has 6 heteroatoms. The number of likely N-dealkylation sites (tertiary alicyclic amines) is 1. The number of benzene rings is 1. The minimum Gasteiger partial charge on any atom is -0.466 e. The number of esters is 1. The van der Waals surface area contributed by atoms with Gasteiger partial charge in [0, 0.05) is 18.8 Å². The molecule has 0 aromatic heterocycles. The fraction of sp³-hybridized carbons (Fsp3) is 0.500. The van der Waals surface area contributed by atoms with E-state index in [1.165, 1.54) is 10.5 Å². The number of hydrogen-bond acceptors (Lipinski definition) is 4. The highest BCUT2D eigenvalue weighted by Gasteiger charge is 2.30. The first-order chi connectivity index (χ1) is 11.5. The van der Waals surface area contributed by atoms with Gasteiger partial charge in [-0.05, 0) is 43.9 Å². The molecule has 1 aromatic carbocycles. The molecule has 24 heavy (non-hydrogen) atoms. The molecule has 0 radical (unpaired) electrons. The van der Waals surface area contributed by atoms with Crippen LogP contribution in [0.15, 0.2) is 24.3 Å². The summed E-state index contributed by atoms with van der Waals surface area (Å²) in [5.41, 5.74) is 1.77. The Morgan fingerprint density at radius 1 is 1.12 bits per heavy atom. The number of ether oxygens (including phenoxy) is 1. The van der Waals surface area contributed by atoms with E-state index in [0.717, 1.165) is 6.42 Å². The van der Waals surface area contributed by atoms with E-state index in [0.29, 0.717) is 38.2 Å². The minimum absolute atomic E-state index is 0.182. The summed E-state index contributed by atoms with van der Waals surface area (Å²) in [6.45, 7) is 4.97. The van der Waals surface area contributed by atoms with Gasteiger partial charge in [-0.2, -0.15) is 0 Å². The number of aryl methyl sites for hydroxylation is 1. The number of carbonyl (C=O) groups excluding carboxylic acids is 3. The Bertz CT molecular complexity index is 590. The van der Waals surface area contributed by atoms with E-state index in [-0.39, 0.29) is 11.9 Å². The van der Waals surface area contributed by atoms with Crippen LogP contribution in [0.3, 0.4) is 0 Å². The molecule has 1 fully saturated rings. The first-order valence-electron chi connectivity index (χ1n) is 8.41. The van der Waals surface area contributed by atoms with Crippen molar-refractivity contribution in [3.05, 3.63) is 29.8 Å². The van der Waals surface area contributed by atoms with Crippen LogP contribution in [0.1, 0.15) is 32.3 Å². The van der Waals surface area contributed by atoms with Crippen LogP contribution in [0.2, 0.25) is 0 Å². The first-order valence-corrected chi connectivity index (χ1v) is 8.41. The number of carbonyl (C=O) groups is 3. The van der Waals surface area contributed by atoms with Crippen molar-refractivity contribution in [2.75, 3.05) is 25.0 Å². The lowest BCUT2D eigenvalue weighted by atomic mass is 9.97. The standard InChI is InChI=1S/C18H24N2O4/c1-3-13-5-7-15(8-6-13)19-16(21)17(22)20-11-9-14(10-12-20)18(23)24-4-2/h5-8,14H,3-4,9-12H2,1-2H3,(H,19,21). The van der Waals surface area contributed by atoms with E-state index < -0.39 is 11.8 Å². The number of amides is 2. The summed E-state index contributed by atoms with van der Waals surface area (Å²) in [5, 5.41) is 2.62. The van der Waals surface area contributed by atoms with E-state index in [2.05, 4.69) is 12.2 Å². The van der Waals surface area contributed by atoms with Gasteiger partial charge in [0.05, 0.1) is 12.5 Å². The fourth-order valence-corrected chi connectivity index (χ4v) is 2.73. The maximum Gasteiger partial charge on any atom is 0.313 e. The zero-order chi connectivity index (χ0) is 17.5. The van der Waals surface area contributed by atoms with Crippen molar-refractivity contribution < 1.29 is 19.1 Å². The van der Waals surface area contributed by atoms with E-state index >= 15 is 0 Å². The minimum atomic E-state index is -0.645.